The van der Waals surface area contributed by atoms with E-state index >= 15 is 0 Å². The van der Waals surface area contributed by atoms with Crippen LogP contribution in [0.1, 0.15) is 36.6 Å². The SMILES string of the molecule is CCNC(C)c1ccnc(N(C)Cc2ccccc2C)c1. The lowest BCUT2D eigenvalue weighted by Gasteiger charge is -2.21. The van der Waals surface area contributed by atoms with Crippen LogP contribution in [0, 0.1) is 6.92 Å². The molecule has 0 aliphatic carbocycles. The summed E-state index contributed by atoms with van der Waals surface area (Å²) >= 11 is 0. The second-order valence-corrected chi connectivity index (χ2v) is 5.51. The lowest BCUT2D eigenvalue weighted by atomic mass is 10.1. The Morgan fingerprint density at radius 1 is 1.24 bits per heavy atom. The molecule has 0 aliphatic rings. The van der Waals surface area contributed by atoms with Crippen molar-refractivity contribution in [2.24, 2.45) is 0 Å². The van der Waals surface area contributed by atoms with Crippen molar-refractivity contribution < 1.29 is 0 Å². The minimum atomic E-state index is 0.351. The number of nitrogens with one attached hydrogen (secondary N) is 1. The highest BCUT2D eigenvalue weighted by atomic mass is 15.2. The summed E-state index contributed by atoms with van der Waals surface area (Å²) in [6.07, 6.45) is 1.90. The molecular formula is C18H25N3. The normalized spacial score (nSPS) is 12.2. The third-order valence-corrected chi connectivity index (χ3v) is 3.84. The fourth-order valence-electron chi connectivity index (χ4n) is 2.46. The van der Waals surface area contributed by atoms with Gasteiger partial charge >= 0.3 is 0 Å². The molecule has 0 bridgehead atoms. The van der Waals surface area contributed by atoms with E-state index in [1.54, 1.807) is 0 Å². The Balaban J connectivity index is 2.14. The maximum absolute atomic E-state index is 4.51. The number of hydrogen-bond donors (Lipinski definition) is 1. The maximum atomic E-state index is 4.51. The van der Waals surface area contributed by atoms with Gasteiger partial charge in [0.15, 0.2) is 0 Å². The minimum Gasteiger partial charge on any atom is -0.355 e. The van der Waals surface area contributed by atoms with Gasteiger partial charge < -0.3 is 10.2 Å². The Morgan fingerprint density at radius 2 is 2.00 bits per heavy atom. The molecular weight excluding hydrogens is 258 g/mol. The van der Waals surface area contributed by atoms with Crippen molar-refractivity contribution in [3.8, 4) is 0 Å². The summed E-state index contributed by atoms with van der Waals surface area (Å²) in [7, 11) is 2.09. The smallest absolute Gasteiger partial charge is 0.128 e. The third kappa shape index (κ3) is 4.05. The molecule has 0 aliphatic heterocycles. The Morgan fingerprint density at radius 3 is 2.71 bits per heavy atom. The molecule has 3 nitrogen and oxygen atoms in total. The van der Waals surface area contributed by atoms with Crippen molar-refractivity contribution >= 4 is 5.82 Å². The van der Waals surface area contributed by atoms with E-state index in [0.717, 1.165) is 18.9 Å². The van der Waals surface area contributed by atoms with Crippen molar-refractivity contribution in [1.82, 2.24) is 10.3 Å². The van der Waals surface area contributed by atoms with Crippen LogP contribution in [0.15, 0.2) is 42.6 Å². The van der Waals surface area contributed by atoms with Gasteiger partial charge in [-0.05, 0) is 49.2 Å². The minimum absolute atomic E-state index is 0.351. The molecule has 0 radical (unpaired) electrons. The van der Waals surface area contributed by atoms with E-state index in [1.807, 2.05) is 6.20 Å². The lowest BCUT2D eigenvalue weighted by Crippen LogP contribution is -2.21. The fourth-order valence-corrected chi connectivity index (χ4v) is 2.46. The summed E-state index contributed by atoms with van der Waals surface area (Å²) in [5, 5.41) is 3.44. The molecule has 3 heteroatoms. The highest BCUT2D eigenvalue weighted by Crippen LogP contribution is 2.19. The summed E-state index contributed by atoms with van der Waals surface area (Å²) in [6, 6.07) is 13.1. The van der Waals surface area contributed by atoms with E-state index in [1.165, 1.54) is 16.7 Å². The molecule has 2 rings (SSSR count). The predicted octanol–water partition coefficient (Wildman–Crippen LogP) is 3.70. The highest BCUT2D eigenvalue weighted by Gasteiger charge is 2.09. The van der Waals surface area contributed by atoms with E-state index in [-0.39, 0.29) is 0 Å². The molecule has 0 saturated carbocycles. The highest BCUT2D eigenvalue weighted by molar-refractivity contribution is 5.42. The van der Waals surface area contributed by atoms with E-state index in [0.29, 0.717) is 6.04 Å². The topological polar surface area (TPSA) is 28.2 Å². The first kappa shape index (κ1) is 15.5. The standard InChI is InChI=1S/C18H25N3/c1-5-19-15(3)16-10-11-20-18(12-16)21(4)13-17-9-7-6-8-14(17)2/h6-12,15,19H,5,13H2,1-4H3. The summed E-state index contributed by atoms with van der Waals surface area (Å²) in [6.45, 7) is 8.31. The summed E-state index contributed by atoms with van der Waals surface area (Å²) < 4.78 is 0. The van der Waals surface area contributed by atoms with Crippen LogP contribution in [-0.4, -0.2) is 18.6 Å². The van der Waals surface area contributed by atoms with Gasteiger partial charge in [-0.3, -0.25) is 0 Å². The van der Waals surface area contributed by atoms with Crippen LogP contribution in [0.4, 0.5) is 5.82 Å². The fraction of sp³-hybridized carbons (Fsp3) is 0.389. The molecule has 21 heavy (non-hydrogen) atoms. The number of aromatic nitrogens is 1. The van der Waals surface area contributed by atoms with Gasteiger partial charge in [0.1, 0.15) is 5.82 Å². The van der Waals surface area contributed by atoms with Gasteiger partial charge in [-0.2, -0.15) is 0 Å². The molecule has 2 aromatic rings. The Bertz CT molecular complexity index is 580. The molecule has 1 unspecified atom stereocenters. The first-order valence-electron chi connectivity index (χ1n) is 7.56. The molecule has 1 aromatic heterocycles. The van der Waals surface area contributed by atoms with Crippen LogP contribution in [0.2, 0.25) is 0 Å². The number of anilines is 1. The Kier molecular flexibility index (Phi) is 5.34. The van der Waals surface area contributed by atoms with Crippen molar-refractivity contribution in [1.29, 1.82) is 0 Å². The average molecular weight is 283 g/mol. The number of pyridine rings is 1. The van der Waals surface area contributed by atoms with E-state index in [2.05, 4.69) is 79.4 Å². The molecule has 1 atom stereocenters. The van der Waals surface area contributed by atoms with Crippen LogP contribution in [-0.2, 0) is 6.54 Å². The molecule has 1 heterocycles. The average Bonchev–Trinajstić information content (AvgIpc) is 2.50. The van der Waals surface area contributed by atoms with Gasteiger partial charge in [0.05, 0.1) is 0 Å². The zero-order valence-electron chi connectivity index (χ0n) is 13.4. The van der Waals surface area contributed by atoms with Crippen LogP contribution < -0.4 is 10.2 Å². The first-order chi connectivity index (χ1) is 10.1. The number of benzene rings is 1. The van der Waals surface area contributed by atoms with E-state index in [9.17, 15) is 0 Å². The van der Waals surface area contributed by atoms with Gasteiger partial charge in [0.2, 0.25) is 0 Å². The van der Waals surface area contributed by atoms with Gasteiger partial charge in [0.25, 0.3) is 0 Å². The van der Waals surface area contributed by atoms with Crippen molar-refractivity contribution in [3.05, 3.63) is 59.3 Å². The van der Waals surface area contributed by atoms with Crippen LogP contribution in [0.25, 0.3) is 0 Å². The number of aryl methyl sites for hydroxylation is 1. The van der Waals surface area contributed by atoms with Crippen LogP contribution in [0.3, 0.4) is 0 Å². The molecule has 0 amide bonds. The second kappa shape index (κ2) is 7.23. The van der Waals surface area contributed by atoms with Gasteiger partial charge in [-0.15, -0.1) is 0 Å². The zero-order chi connectivity index (χ0) is 15.2. The van der Waals surface area contributed by atoms with Crippen molar-refractivity contribution in [2.75, 3.05) is 18.5 Å². The van der Waals surface area contributed by atoms with E-state index in [4.69, 9.17) is 0 Å². The monoisotopic (exact) mass is 283 g/mol. The lowest BCUT2D eigenvalue weighted by molar-refractivity contribution is 0.597. The Labute approximate surface area is 128 Å². The van der Waals surface area contributed by atoms with Crippen molar-refractivity contribution in [3.63, 3.8) is 0 Å². The van der Waals surface area contributed by atoms with Gasteiger partial charge in [-0.1, -0.05) is 31.2 Å². The molecule has 0 fully saturated rings. The molecule has 0 saturated heterocycles. The first-order valence-corrected chi connectivity index (χ1v) is 7.56. The van der Waals surface area contributed by atoms with Gasteiger partial charge in [0, 0.05) is 25.8 Å². The molecule has 112 valence electrons. The van der Waals surface area contributed by atoms with Crippen LogP contribution >= 0.6 is 0 Å². The number of hydrogen-bond acceptors (Lipinski definition) is 3. The molecule has 1 aromatic carbocycles. The Hall–Kier alpha value is -1.87. The predicted molar refractivity (Wildman–Crippen MR) is 89.6 cm³/mol. The largest absolute Gasteiger partial charge is 0.355 e. The van der Waals surface area contributed by atoms with Gasteiger partial charge in [-0.25, -0.2) is 4.98 Å². The number of rotatable bonds is 6. The maximum Gasteiger partial charge on any atom is 0.128 e. The van der Waals surface area contributed by atoms with Crippen molar-refractivity contribution in [2.45, 2.75) is 33.4 Å². The van der Waals surface area contributed by atoms with Crippen LogP contribution in [0.5, 0.6) is 0 Å². The third-order valence-electron chi connectivity index (χ3n) is 3.84. The summed E-state index contributed by atoms with van der Waals surface area (Å²) in [5.74, 6) is 1.01. The zero-order valence-corrected chi connectivity index (χ0v) is 13.4. The summed E-state index contributed by atoms with van der Waals surface area (Å²) in [4.78, 5) is 6.70. The number of nitrogens with zero attached hydrogens (tertiary/aromatic N) is 2. The summed E-state index contributed by atoms with van der Waals surface area (Å²) in [5.41, 5.74) is 3.94. The molecule has 0 spiro atoms. The van der Waals surface area contributed by atoms with E-state index < -0.39 is 0 Å². The second-order valence-electron chi connectivity index (χ2n) is 5.51. The quantitative estimate of drug-likeness (QED) is 0.876. The molecule has 1 N–H and O–H groups in total.